The van der Waals surface area contributed by atoms with Crippen LogP contribution in [0.2, 0.25) is 0 Å². The lowest BCUT2D eigenvalue weighted by molar-refractivity contribution is 0.0947. The van der Waals surface area contributed by atoms with Gasteiger partial charge in [-0.3, -0.25) is 4.79 Å². The molecular formula is C19H16N8O4. The van der Waals surface area contributed by atoms with Crippen molar-refractivity contribution in [1.29, 1.82) is 0 Å². The smallest absolute Gasteiger partial charge is 0.292 e. The van der Waals surface area contributed by atoms with Crippen LogP contribution in [0.25, 0.3) is 17.1 Å². The van der Waals surface area contributed by atoms with Crippen molar-refractivity contribution in [2.45, 2.75) is 6.92 Å². The summed E-state index contributed by atoms with van der Waals surface area (Å²) < 4.78 is 5.71. The van der Waals surface area contributed by atoms with Crippen molar-refractivity contribution in [1.82, 2.24) is 30.7 Å². The summed E-state index contributed by atoms with van der Waals surface area (Å²) in [6, 6.07) is 13.0. The number of hydrazone groups is 1. The molecule has 0 bridgehead atoms. The summed E-state index contributed by atoms with van der Waals surface area (Å²) >= 11 is 0. The first-order valence-electron chi connectivity index (χ1n) is 8.92. The van der Waals surface area contributed by atoms with Crippen molar-refractivity contribution in [3.8, 4) is 28.6 Å². The van der Waals surface area contributed by atoms with Gasteiger partial charge in [-0.1, -0.05) is 35.5 Å². The largest absolute Gasteiger partial charge is 0.508 e. The zero-order valence-corrected chi connectivity index (χ0v) is 16.1. The van der Waals surface area contributed by atoms with Crippen molar-refractivity contribution in [2.24, 2.45) is 5.10 Å². The molecule has 0 atom stereocenters. The lowest BCUT2D eigenvalue weighted by Gasteiger charge is -2.07. The van der Waals surface area contributed by atoms with Gasteiger partial charge in [0.25, 0.3) is 5.91 Å². The average Bonchev–Trinajstić information content (AvgIpc) is 3.38. The standard InChI is InChI=1S/C19H16N8O4/c1-10(13-8-7-12(28)9-14(13)29)21-23-19(30)16-15(11-5-3-2-4-6-11)22-26-27(16)18-17(20)24-31-25-18/h2-9,28-29H,1H3,(H2,20,24)(H,23,30)/b21-10-. The number of anilines is 1. The van der Waals surface area contributed by atoms with Crippen molar-refractivity contribution in [2.75, 3.05) is 5.73 Å². The minimum atomic E-state index is -0.663. The molecule has 2 heterocycles. The molecule has 4 rings (SSSR count). The number of benzene rings is 2. The van der Waals surface area contributed by atoms with Crippen molar-refractivity contribution >= 4 is 17.4 Å². The highest BCUT2D eigenvalue weighted by molar-refractivity contribution is 6.03. The van der Waals surface area contributed by atoms with Gasteiger partial charge in [-0.15, -0.1) is 5.10 Å². The third-order valence-corrected chi connectivity index (χ3v) is 4.33. The second-order valence-electron chi connectivity index (χ2n) is 6.38. The molecule has 0 aliphatic rings. The van der Waals surface area contributed by atoms with Crippen molar-refractivity contribution in [3.63, 3.8) is 0 Å². The Balaban J connectivity index is 1.73. The molecule has 12 nitrogen and oxygen atoms in total. The van der Waals surface area contributed by atoms with Crippen LogP contribution in [0.15, 0.2) is 58.3 Å². The Kier molecular flexibility index (Phi) is 5.02. The summed E-state index contributed by atoms with van der Waals surface area (Å²) in [5, 5.41) is 38.7. The van der Waals surface area contributed by atoms with E-state index in [-0.39, 0.29) is 34.5 Å². The second-order valence-corrected chi connectivity index (χ2v) is 6.38. The summed E-state index contributed by atoms with van der Waals surface area (Å²) in [5.74, 6) is -1.03. The fourth-order valence-corrected chi connectivity index (χ4v) is 2.84. The molecular weight excluding hydrogens is 404 g/mol. The fourth-order valence-electron chi connectivity index (χ4n) is 2.84. The van der Waals surface area contributed by atoms with Gasteiger partial charge in [-0.2, -0.15) is 9.78 Å². The van der Waals surface area contributed by atoms with Crippen molar-refractivity contribution in [3.05, 3.63) is 59.8 Å². The normalized spacial score (nSPS) is 11.5. The first-order chi connectivity index (χ1) is 15.0. The van der Waals surface area contributed by atoms with Gasteiger partial charge in [0.15, 0.2) is 5.69 Å². The van der Waals surface area contributed by atoms with Gasteiger partial charge in [0, 0.05) is 17.2 Å². The molecule has 0 spiro atoms. The monoisotopic (exact) mass is 420 g/mol. The quantitative estimate of drug-likeness (QED) is 0.275. The van der Waals surface area contributed by atoms with Crippen LogP contribution in [0.3, 0.4) is 0 Å². The number of aromatic nitrogens is 5. The maximum atomic E-state index is 13.1. The molecule has 0 saturated carbocycles. The van der Waals surface area contributed by atoms with Crippen LogP contribution in [-0.4, -0.2) is 47.1 Å². The van der Waals surface area contributed by atoms with E-state index in [0.717, 1.165) is 4.68 Å². The number of rotatable bonds is 5. The Morgan fingerprint density at radius 2 is 1.94 bits per heavy atom. The predicted molar refractivity (Wildman–Crippen MR) is 109 cm³/mol. The van der Waals surface area contributed by atoms with Gasteiger partial charge in [-0.25, -0.2) is 10.1 Å². The average molecular weight is 420 g/mol. The number of nitrogens with two attached hydrogens (primary N) is 1. The van der Waals surface area contributed by atoms with E-state index in [0.29, 0.717) is 16.8 Å². The fraction of sp³-hybridized carbons (Fsp3) is 0.0526. The van der Waals surface area contributed by atoms with E-state index in [1.54, 1.807) is 31.2 Å². The molecule has 4 aromatic rings. The van der Waals surface area contributed by atoms with E-state index < -0.39 is 5.91 Å². The Bertz CT molecular complexity index is 1280. The number of phenols is 2. The van der Waals surface area contributed by atoms with Crippen LogP contribution in [0.5, 0.6) is 11.5 Å². The predicted octanol–water partition coefficient (Wildman–Crippen LogP) is 1.46. The Morgan fingerprint density at radius 1 is 1.16 bits per heavy atom. The number of phenolic OH excluding ortho intramolecular Hbond substituents is 2. The third kappa shape index (κ3) is 3.76. The molecule has 0 fully saturated rings. The van der Waals surface area contributed by atoms with Crippen LogP contribution >= 0.6 is 0 Å². The number of carbonyl (C=O) groups is 1. The molecule has 0 aliphatic carbocycles. The van der Waals surface area contributed by atoms with Gasteiger partial charge in [0.2, 0.25) is 11.6 Å². The van der Waals surface area contributed by atoms with E-state index in [4.69, 9.17) is 5.73 Å². The highest BCUT2D eigenvalue weighted by Gasteiger charge is 2.26. The molecule has 0 saturated heterocycles. The van der Waals surface area contributed by atoms with Gasteiger partial charge in [0.05, 0.1) is 5.71 Å². The lowest BCUT2D eigenvalue weighted by Crippen LogP contribution is -2.23. The number of hydrogen-bond donors (Lipinski definition) is 4. The summed E-state index contributed by atoms with van der Waals surface area (Å²) in [7, 11) is 0. The van der Waals surface area contributed by atoms with Crippen LogP contribution in [0.4, 0.5) is 5.82 Å². The molecule has 0 radical (unpaired) electrons. The molecule has 0 aliphatic heterocycles. The minimum absolute atomic E-state index is 0.0000723. The van der Waals surface area contributed by atoms with Crippen LogP contribution in [0.1, 0.15) is 23.0 Å². The number of nitrogens with one attached hydrogen (secondary N) is 1. The number of aromatic hydroxyl groups is 2. The SMILES string of the molecule is C/C(=N/NC(=O)c1c(-c2ccccc2)nnn1-c1nonc1N)c1ccc(O)cc1O. The molecule has 2 aromatic carbocycles. The van der Waals surface area contributed by atoms with E-state index in [2.05, 4.69) is 35.8 Å². The number of amides is 1. The molecule has 31 heavy (non-hydrogen) atoms. The number of hydrogen-bond acceptors (Lipinski definition) is 10. The molecule has 1 amide bonds. The first kappa shape index (κ1) is 19.6. The van der Waals surface area contributed by atoms with Crippen LogP contribution < -0.4 is 11.2 Å². The van der Waals surface area contributed by atoms with Gasteiger partial charge in [0.1, 0.15) is 17.2 Å². The van der Waals surface area contributed by atoms with Gasteiger partial charge >= 0.3 is 0 Å². The minimum Gasteiger partial charge on any atom is -0.508 e. The highest BCUT2D eigenvalue weighted by atomic mass is 16.6. The number of nitrogens with zero attached hydrogens (tertiary/aromatic N) is 6. The zero-order chi connectivity index (χ0) is 22.0. The third-order valence-electron chi connectivity index (χ3n) is 4.33. The van der Waals surface area contributed by atoms with Crippen molar-refractivity contribution < 1.29 is 19.6 Å². The van der Waals surface area contributed by atoms with Gasteiger partial charge < -0.3 is 15.9 Å². The summed E-state index contributed by atoms with van der Waals surface area (Å²) in [6.07, 6.45) is 0. The molecule has 156 valence electrons. The van der Waals surface area contributed by atoms with E-state index >= 15 is 0 Å². The Labute approximate surface area is 174 Å². The van der Waals surface area contributed by atoms with Crippen LogP contribution in [0, 0.1) is 0 Å². The second kappa shape index (κ2) is 7.94. The maximum Gasteiger partial charge on any atom is 0.292 e. The Hall–Kier alpha value is -4.74. The summed E-state index contributed by atoms with van der Waals surface area (Å²) in [5.41, 5.74) is 9.69. The summed E-state index contributed by atoms with van der Waals surface area (Å²) in [4.78, 5) is 13.1. The first-order valence-corrected chi connectivity index (χ1v) is 8.92. The summed E-state index contributed by atoms with van der Waals surface area (Å²) in [6.45, 7) is 1.58. The molecule has 2 aromatic heterocycles. The van der Waals surface area contributed by atoms with E-state index in [1.807, 2.05) is 6.07 Å². The maximum absolute atomic E-state index is 13.1. The molecule has 12 heteroatoms. The van der Waals surface area contributed by atoms with Crippen LogP contribution in [-0.2, 0) is 0 Å². The molecule has 0 unspecified atom stereocenters. The number of nitrogen functional groups attached to an aromatic ring is 1. The number of carbonyl (C=O) groups excluding carboxylic acids is 1. The molecule has 5 N–H and O–H groups in total. The Morgan fingerprint density at radius 3 is 2.61 bits per heavy atom. The van der Waals surface area contributed by atoms with Gasteiger partial charge in [-0.05, 0) is 29.4 Å². The lowest BCUT2D eigenvalue weighted by atomic mass is 10.1. The topological polar surface area (TPSA) is 178 Å². The zero-order valence-electron chi connectivity index (χ0n) is 16.1. The highest BCUT2D eigenvalue weighted by Crippen LogP contribution is 2.25. The van der Waals surface area contributed by atoms with E-state index in [1.165, 1.54) is 18.2 Å². The van der Waals surface area contributed by atoms with E-state index in [9.17, 15) is 15.0 Å².